The van der Waals surface area contributed by atoms with Gasteiger partial charge in [-0.25, -0.2) is 0 Å². The molecule has 0 radical (unpaired) electrons. The fraction of sp³-hybridized carbons (Fsp3) is 0.579. The molecule has 2 aromatic rings. The molecule has 1 aromatic carbocycles. The number of fused-ring (bicyclic) bond motifs is 2. The summed E-state index contributed by atoms with van der Waals surface area (Å²) < 4.78 is 2.28. The smallest absolute Gasteiger partial charge is 0.0484 e. The van der Waals surface area contributed by atoms with Gasteiger partial charge in [-0.1, -0.05) is 12.8 Å². The molecule has 22 heavy (non-hydrogen) atoms. The Morgan fingerprint density at radius 2 is 1.82 bits per heavy atom. The van der Waals surface area contributed by atoms with Gasteiger partial charge < -0.3 is 10.3 Å². The van der Waals surface area contributed by atoms with Crippen molar-refractivity contribution in [2.75, 3.05) is 7.05 Å². The van der Waals surface area contributed by atoms with Crippen LogP contribution in [-0.4, -0.2) is 22.6 Å². The molecular weight excluding hydrogens is 270 g/mol. The van der Waals surface area contributed by atoms with E-state index in [1.54, 1.807) is 0 Å². The van der Waals surface area contributed by atoms with Crippen LogP contribution in [-0.2, 0) is 26.6 Å². The van der Waals surface area contributed by atoms with Gasteiger partial charge in [-0.15, -0.1) is 0 Å². The highest BCUT2D eigenvalue weighted by atomic mass is 15.1. The maximum atomic E-state index is 6.53. The normalized spacial score (nSPS) is 20.9. The molecule has 0 spiro atoms. The van der Waals surface area contributed by atoms with Gasteiger partial charge in [-0.3, -0.25) is 4.90 Å². The molecule has 2 heterocycles. The van der Waals surface area contributed by atoms with E-state index in [9.17, 15) is 0 Å². The van der Waals surface area contributed by atoms with Crippen molar-refractivity contribution in [2.24, 2.45) is 18.7 Å². The zero-order chi connectivity index (χ0) is 15.3. The SMILES string of the molecule is CN1Cc2cc3c(CC(N)C4CCCC4)cn(C)c3cc2C1. The summed E-state index contributed by atoms with van der Waals surface area (Å²) in [6.45, 7) is 2.15. The van der Waals surface area contributed by atoms with E-state index in [2.05, 4.69) is 41.9 Å². The summed E-state index contributed by atoms with van der Waals surface area (Å²) in [5.74, 6) is 0.732. The lowest BCUT2D eigenvalue weighted by molar-refractivity contribution is 0.353. The van der Waals surface area contributed by atoms with Crippen LogP contribution in [0.25, 0.3) is 10.9 Å². The fourth-order valence-corrected chi connectivity index (χ4v) is 4.50. The van der Waals surface area contributed by atoms with Crippen LogP contribution in [0.3, 0.4) is 0 Å². The summed E-state index contributed by atoms with van der Waals surface area (Å²) in [4.78, 5) is 2.38. The lowest BCUT2D eigenvalue weighted by atomic mass is 9.92. The second-order valence-corrected chi connectivity index (χ2v) is 7.49. The van der Waals surface area contributed by atoms with Crippen LogP contribution in [0.1, 0.15) is 42.4 Å². The van der Waals surface area contributed by atoms with Gasteiger partial charge in [-0.2, -0.15) is 0 Å². The van der Waals surface area contributed by atoms with Gasteiger partial charge >= 0.3 is 0 Å². The Kier molecular flexibility index (Phi) is 3.50. The number of hydrogen-bond acceptors (Lipinski definition) is 2. The minimum Gasteiger partial charge on any atom is -0.350 e. The maximum absolute atomic E-state index is 6.53. The third-order valence-corrected chi connectivity index (χ3v) is 5.73. The first kappa shape index (κ1) is 14.3. The summed E-state index contributed by atoms with van der Waals surface area (Å²) in [6, 6.07) is 5.13. The Bertz CT molecular complexity index is 694. The second-order valence-electron chi connectivity index (χ2n) is 7.49. The van der Waals surface area contributed by atoms with Crippen LogP contribution in [0.2, 0.25) is 0 Å². The molecule has 1 aliphatic carbocycles. The molecule has 1 saturated carbocycles. The van der Waals surface area contributed by atoms with Gasteiger partial charge in [0.15, 0.2) is 0 Å². The molecule has 1 fully saturated rings. The van der Waals surface area contributed by atoms with Crippen LogP contribution in [0.5, 0.6) is 0 Å². The molecule has 1 unspecified atom stereocenters. The molecule has 1 aliphatic heterocycles. The summed E-state index contributed by atoms with van der Waals surface area (Å²) in [6.07, 6.45) is 8.72. The van der Waals surface area contributed by atoms with Gasteiger partial charge in [0.05, 0.1) is 0 Å². The molecule has 3 nitrogen and oxygen atoms in total. The molecule has 1 aromatic heterocycles. The molecule has 2 N–H and O–H groups in total. The first-order chi connectivity index (χ1) is 10.6. The van der Waals surface area contributed by atoms with Crippen molar-refractivity contribution in [1.82, 2.24) is 9.47 Å². The Morgan fingerprint density at radius 1 is 1.14 bits per heavy atom. The molecule has 3 heteroatoms. The number of nitrogens with zero attached hydrogens (tertiary/aromatic N) is 2. The van der Waals surface area contributed by atoms with Gasteiger partial charge in [0.25, 0.3) is 0 Å². The second kappa shape index (κ2) is 5.39. The summed E-state index contributed by atoms with van der Waals surface area (Å²) >= 11 is 0. The minimum atomic E-state index is 0.323. The topological polar surface area (TPSA) is 34.2 Å². The Balaban J connectivity index is 1.67. The summed E-state index contributed by atoms with van der Waals surface area (Å²) in [5.41, 5.74) is 12.3. The highest BCUT2D eigenvalue weighted by Crippen LogP contribution is 2.32. The van der Waals surface area contributed by atoms with Crippen molar-refractivity contribution in [3.63, 3.8) is 0 Å². The monoisotopic (exact) mass is 297 g/mol. The predicted octanol–water partition coefficient (Wildman–Crippen LogP) is 3.18. The lowest BCUT2D eigenvalue weighted by Gasteiger charge is -2.18. The minimum absolute atomic E-state index is 0.323. The number of benzene rings is 1. The first-order valence-corrected chi connectivity index (χ1v) is 8.65. The highest BCUT2D eigenvalue weighted by Gasteiger charge is 2.24. The van der Waals surface area contributed by atoms with Crippen LogP contribution in [0, 0.1) is 5.92 Å². The lowest BCUT2D eigenvalue weighted by Crippen LogP contribution is -2.30. The van der Waals surface area contributed by atoms with Crippen molar-refractivity contribution in [3.05, 3.63) is 35.0 Å². The third-order valence-electron chi connectivity index (χ3n) is 5.73. The van der Waals surface area contributed by atoms with E-state index in [0.717, 1.165) is 25.4 Å². The summed E-state index contributed by atoms with van der Waals surface area (Å²) in [5, 5.41) is 1.42. The largest absolute Gasteiger partial charge is 0.350 e. The molecular formula is C19H27N3. The van der Waals surface area contributed by atoms with E-state index in [-0.39, 0.29) is 0 Å². The molecule has 0 amide bonds. The van der Waals surface area contributed by atoms with Crippen molar-refractivity contribution < 1.29 is 0 Å². The number of hydrogen-bond donors (Lipinski definition) is 1. The first-order valence-electron chi connectivity index (χ1n) is 8.65. The van der Waals surface area contributed by atoms with Crippen LogP contribution >= 0.6 is 0 Å². The molecule has 4 rings (SSSR count). The van der Waals surface area contributed by atoms with E-state index < -0.39 is 0 Å². The third kappa shape index (κ3) is 2.37. The number of aromatic nitrogens is 1. The standard InChI is InChI=1S/C19H27N3/c1-21-10-14-7-17-16(8-18(20)13-5-3-4-6-13)12-22(2)19(17)9-15(14)11-21/h7,9,12-13,18H,3-6,8,10-11,20H2,1-2H3. The van der Waals surface area contributed by atoms with Gasteiger partial charge in [0, 0.05) is 43.3 Å². The van der Waals surface area contributed by atoms with Crippen LogP contribution < -0.4 is 5.73 Å². The van der Waals surface area contributed by atoms with E-state index in [4.69, 9.17) is 5.73 Å². The number of nitrogens with two attached hydrogens (primary N) is 1. The van der Waals surface area contributed by atoms with Crippen molar-refractivity contribution in [3.8, 4) is 0 Å². The summed E-state index contributed by atoms with van der Waals surface area (Å²) in [7, 11) is 4.36. The molecule has 118 valence electrons. The van der Waals surface area contributed by atoms with E-state index in [1.165, 1.54) is 53.3 Å². The Labute approximate surface area is 133 Å². The maximum Gasteiger partial charge on any atom is 0.0484 e. The number of aryl methyl sites for hydroxylation is 1. The van der Waals surface area contributed by atoms with Gasteiger partial charge in [0.2, 0.25) is 0 Å². The zero-order valence-electron chi connectivity index (χ0n) is 13.8. The van der Waals surface area contributed by atoms with Crippen LogP contribution in [0.15, 0.2) is 18.3 Å². The van der Waals surface area contributed by atoms with Gasteiger partial charge in [0.1, 0.15) is 0 Å². The molecule has 1 atom stereocenters. The van der Waals surface area contributed by atoms with Crippen LogP contribution in [0.4, 0.5) is 0 Å². The number of rotatable bonds is 3. The Morgan fingerprint density at radius 3 is 2.55 bits per heavy atom. The molecule has 2 aliphatic rings. The molecule has 0 saturated heterocycles. The van der Waals surface area contributed by atoms with Crippen molar-refractivity contribution >= 4 is 10.9 Å². The van der Waals surface area contributed by atoms with Gasteiger partial charge in [-0.05, 0) is 61.1 Å². The fourth-order valence-electron chi connectivity index (χ4n) is 4.50. The van der Waals surface area contributed by atoms with E-state index >= 15 is 0 Å². The van der Waals surface area contributed by atoms with E-state index in [1.807, 2.05) is 0 Å². The van der Waals surface area contributed by atoms with E-state index in [0.29, 0.717) is 6.04 Å². The average molecular weight is 297 g/mol. The predicted molar refractivity (Wildman–Crippen MR) is 91.7 cm³/mol. The molecule has 0 bridgehead atoms. The highest BCUT2D eigenvalue weighted by molar-refractivity contribution is 5.86. The average Bonchev–Trinajstić information content (AvgIpc) is 3.17. The van der Waals surface area contributed by atoms with Crippen molar-refractivity contribution in [1.29, 1.82) is 0 Å². The van der Waals surface area contributed by atoms with Crippen molar-refractivity contribution in [2.45, 2.75) is 51.2 Å². The quantitative estimate of drug-likeness (QED) is 0.944. The zero-order valence-corrected chi connectivity index (χ0v) is 13.8. The Hall–Kier alpha value is -1.32.